The number of para-hydroxylation sites is 1. The molecule has 0 heterocycles. The molecule has 3 heteroatoms. The molecule has 0 aliphatic heterocycles. The summed E-state index contributed by atoms with van der Waals surface area (Å²) < 4.78 is 6.45. The monoisotopic (exact) mass is 463 g/mol. The Morgan fingerprint density at radius 2 is 1.29 bits per heavy atom. The van der Waals surface area contributed by atoms with Crippen LogP contribution in [0.2, 0.25) is 0 Å². The molecule has 3 nitrogen and oxygen atoms in total. The van der Waals surface area contributed by atoms with Crippen molar-refractivity contribution in [2.45, 2.75) is 31.8 Å². The van der Waals surface area contributed by atoms with Gasteiger partial charge in [0.1, 0.15) is 0 Å². The number of ether oxygens (including phenoxy) is 1. The number of hydrogen-bond acceptors (Lipinski definition) is 3. The Bertz CT molecular complexity index is 1150. The molecule has 178 valence electrons. The summed E-state index contributed by atoms with van der Waals surface area (Å²) in [5.74, 6) is -0.178. The van der Waals surface area contributed by atoms with Gasteiger partial charge in [-0.15, -0.1) is 0 Å². The van der Waals surface area contributed by atoms with E-state index in [0.29, 0.717) is 6.61 Å². The van der Waals surface area contributed by atoms with Crippen LogP contribution in [0.1, 0.15) is 29.7 Å². The summed E-state index contributed by atoms with van der Waals surface area (Å²) >= 11 is 0. The molecule has 4 aromatic carbocycles. The summed E-state index contributed by atoms with van der Waals surface area (Å²) in [7, 11) is 0. The number of aliphatic hydroxyl groups is 1. The number of nitrogens with one attached hydrogen (secondary N) is 1. The lowest BCUT2D eigenvalue weighted by Crippen LogP contribution is -2.39. The van der Waals surface area contributed by atoms with E-state index in [-0.39, 0.29) is 18.1 Å². The molecule has 0 aliphatic rings. The number of benzene rings is 4. The van der Waals surface area contributed by atoms with Gasteiger partial charge < -0.3 is 15.2 Å². The van der Waals surface area contributed by atoms with Gasteiger partial charge in [0.25, 0.3) is 0 Å². The van der Waals surface area contributed by atoms with Gasteiger partial charge in [-0.2, -0.15) is 0 Å². The van der Waals surface area contributed by atoms with Gasteiger partial charge in [-0.3, -0.25) is 0 Å². The van der Waals surface area contributed by atoms with Crippen molar-refractivity contribution in [1.82, 2.24) is 0 Å². The van der Waals surface area contributed by atoms with Crippen LogP contribution in [0.3, 0.4) is 0 Å². The SMILES string of the molecule is C[C@@H]([C@@H](O)[C@H](/C=C/c1ccccc1)Nc1ccccc1)[C@@H](OCc1ccccc1)c1ccccc1. The maximum atomic E-state index is 11.7. The highest BCUT2D eigenvalue weighted by atomic mass is 16.5. The summed E-state index contributed by atoms with van der Waals surface area (Å²) in [6.07, 6.45) is 3.13. The Morgan fingerprint density at radius 3 is 1.91 bits per heavy atom. The van der Waals surface area contributed by atoms with Gasteiger partial charge >= 0.3 is 0 Å². The van der Waals surface area contributed by atoms with E-state index in [4.69, 9.17) is 4.74 Å². The van der Waals surface area contributed by atoms with Crippen molar-refractivity contribution in [3.05, 3.63) is 144 Å². The third-order valence-corrected chi connectivity index (χ3v) is 6.19. The molecule has 4 atom stereocenters. The predicted octanol–water partition coefficient (Wildman–Crippen LogP) is 7.14. The lowest BCUT2D eigenvalue weighted by molar-refractivity contribution is -0.0417. The summed E-state index contributed by atoms with van der Waals surface area (Å²) in [5.41, 5.74) is 4.22. The molecule has 0 radical (unpaired) electrons. The fourth-order valence-corrected chi connectivity index (χ4v) is 4.21. The fourth-order valence-electron chi connectivity index (χ4n) is 4.21. The summed E-state index contributed by atoms with van der Waals surface area (Å²) in [5, 5.41) is 15.2. The number of anilines is 1. The Labute approximate surface area is 208 Å². The van der Waals surface area contributed by atoms with Crippen molar-refractivity contribution < 1.29 is 9.84 Å². The van der Waals surface area contributed by atoms with Crippen LogP contribution < -0.4 is 5.32 Å². The largest absolute Gasteiger partial charge is 0.390 e. The molecule has 4 aromatic rings. The first-order valence-corrected chi connectivity index (χ1v) is 12.1. The van der Waals surface area contributed by atoms with Crippen LogP contribution in [-0.4, -0.2) is 17.3 Å². The van der Waals surface area contributed by atoms with E-state index in [1.165, 1.54) is 0 Å². The van der Waals surface area contributed by atoms with Gasteiger partial charge in [-0.05, 0) is 28.8 Å². The second kappa shape index (κ2) is 12.7. The zero-order chi connectivity index (χ0) is 24.3. The normalized spacial score (nSPS) is 14.8. The molecule has 0 aliphatic carbocycles. The first-order chi connectivity index (χ1) is 17.2. The molecule has 35 heavy (non-hydrogen) atoms. The van der Waals surface area contributed by atoms with E-state index >= 15 is 0 Å². The minimum absolute atomic E-state index is 0.178. The molecule has 4 rings (SSSR count). The first kappa shape index (κ1) is 24.5. The van der Waals surface area contributed by atoms with Crippen LogP contribution in [0.4, 0.5) is 5.69 Å². The predicted molar refractivity (Wildman–Crippen MR) is 145 cm³/mol. The molecular weight excluding hydrogens is 430 g/mol. The topological polar surface area (TPSA) is 41.5 Å². The Hall–Kier alpha value is -3.66. The standard InChI is InChI=1S/C32H33NO2/c1-25(32(28-18-10-4-11-19-28)35-24-27-16-8-3-9-17-27)31(34)30(33-29-20-12-5-13-21-29)23-22-26-14-6-2-7-15-26/h2-23,25,30-34H,24H2,1H3/b23-22+/t25-,30-,31+,32+/m0/s1. The van der Waals surface area contributed by atoms with E-state index < -0.39 is 6.10 Å². The molecule has 0 saturated heterocycles. The van der Waals surface area contributed by atoms with Gasteiger partial charge in [0.2, 0.25) is 0 Å². The zero-order valence-corrected chi connectivity index (χ0v) is 20.1. The minimum Gasteiger partial charge on any atom is -0.390 e. The van der Waals surface area contributed by atoms with E-state index in [1.807, 2.05) is 91.0 Å². The lowest BCUT2D eigenvalue weighted by Gasteiger charge is -2.33. The maximum Gasteiger partial charge on any atom is 0.0880 e. The van der Waals surface area contributed by atoms with Gasteiger partial charge in [-0.1, -0.05) is 128 Å². The second-order valence-corrected chi connectivity index (χ2v) is 8.78. The Morgan fingerprint density at radius 1 is 0.743 bits per heavy atom. The molecule has 0 aromatic heterocycles. The van der Waals surface area contributed by atoms with Crippen molar-refractivity contribution in [3.8, 4) is 0 Å². The molecule has 0 saturated carbocycles. The highest BCUT2D eigenvalue weighted by Crippen LogP contribution is 2.32. The van der Waals surface area contributed by atoms with Crippen molar-refractivity contribution in [2.75, 3.05) is 5.32 Å². The van der Waals surface area contributed by atoms with Crippen LogP contribution in [0.25, 0.3) is 6.08 Å². The maximum absolute atomic E-state index is 11.7. The van der Waals surface area contributed by atoms with E-state index in [9.17, 15) is 5.11 Å². The third kappa shape index (κ3) is 7.16. The molecule has 0 unspecified atom stereocenters. The Kier molecular flexibility index (Phi) is 8.88. The Balaban J connectivity index is 1.58. The van der Waals surface area contributed by atoms with Gasteiger partial charge in [0.05, 0.1) is 24.9 Å². The van der Waals surface area contributed by atoms with Crippen LogP contribution in [0, 0.1) is 5.92 Å². The highest BCUT2D eigenvalue weighted by molar-refractivity contribution is 5.52. The van der Waals surface area contributed by atoms with Crippen LogP contribution in [0.5, 0.6) is 0 Å². The average molecular weight is 464 g/mol. The van der Waals surface area contributed by atoms with Gasteiger partial charge in [0.15, 0.2) is 0 Å². The van der Waals surface area contributed by atoms with Gasteiger partial charge in [-0.25, -0.2) is 0 Å². The molecule has 2 N–H and O–H groups in total. The second-order valence-electron chi connectivity index (χ2n) is 8.78. The van der Waals surface area contributed by atoms with Crippen molar-refractivity contribution in [1.29, 1.82) is 0 Å². The third-order valence-electron chi connectivity index (χ3n) is 6.19. The zero-order valence-electron chi connectivity index (χ0n) is 20.1. The average Bonchev–Trinajstić information content (AvgIpc) is 2.93. The molecule has 0 fully saturated rings. The van der Waals surface area contributed by atoms with Crippen LogP contribution in [-0.2, 0) is 11.3 Å². The van der Waals surface area contributed by atoms with Crippen LogP contribution >= 0.6 is 0 Å². The van der Waals surface area contributed by atoms with Crippen molar-refractivity contribution >= 4 is 11.8 Å². The molecule has 0 bridgehead atoms. The lowest BCUT2D eigenvalue weighted by atomic mass is 9.88. The summed E-state index contributed by atoms with van der Waals surface area (Å²) in [6, 6.07) is 40.2. The molecular formula is C32H33NO2. The first-order valence-electron chi connectivity index (χ1n) is 12.1. The van der Waals surface area contributed by atoms with Crippen LogP contribution in [0.15, 0.2) is 127 Å². The van der Waals surface area contributed by atoms with E-state index in [2.05, 4.69) is 54.7 Å². The summed E-state index contributed by atoms with van der Waals surface area (Å²) in [4.78, 5) is 0. The fraction of sp³-hybridized carbons (Fsp3) is 0.188. The number of aliphatic hydroxyl groups excluding tert-OH is 1. The minimum atomic E-state index is -0.698. The number of hydrogen-bond donors (Lipinski definition) is 2. The quantitative estimate of drug-likeness (QED) is 0.248. The highest BCUT2D eigenvalue weighted by Gasteiger charge is 2.31. The summed E-state index contributed by atoms with van der Waals surface area (Å²) in [6.45, 7) is 2.54. The molecule has 0 amide bonds. The molecule has 0 spiro atoms. The van der Waals surface area contributed by atoms with E-state index in [0.717, 1.165) is 22.4 Å². The number of rotatable bonds is 11. The van der Waals surface area contributed by atoms with Crippen molar-refractivity contribution in [2.24, 2.45) is 5.92 Å². The van der Waals surface area contributed by atoms with Crippen molar-refractivity contribution in [3.63, 3.8) is 0 Å². The smallest absolute Gasteiger partial charge is 0.0880 e. The van der Waals surface area contributed by atoms with E-state index in [1.54, 1.807) is 0 Å². The van der Waals surface area contributed by atoms with Gasteiger partial charge in [0, 0.05) is 11.6 Å².